The van der Waals surface area contributed by atoms with Gasteiger partial charge in [0.1, 0.15) is 11.0 Å². The molecule has 3 heterocycles. The average Bonchev–Trinajstić information content (AvgIpc) is 2.61. The summed E-state index contributed by atoms with van der Waals surface area (Å²) in [4.78, 5) is 36.9. The molecule has 0 spiro atoms. The lowest BCUT2D eigenvalue weighted by Gasteiger charge is -2.09. The number of hydrogen-bond acceptors (Lipinski definition) is 6. The Morgan fingerprint density at radius 1 is 1.12 bits per heavy atom. The van der Waals surface area contributed by atoms with E-state index < -0.39 is 5.63 Å². The maximum Gasteiger partial charge on any atom is 0.349 e. The SMILES string of the molecule is CC(=O)Nc1nc(-c2cccnc2)nc2c1c(=O)oc1ccccc12. The van der Waals surface area contributed by atoms with Gasteiger partial charge in [-0.25, -0.2) is 14.8 Å². The fraction of sp³-hybridized carbons (Fsp3) is 0.0556. The summed E-state index contributed by atoms with van der Waals surface area (Å²) in [5.41, 5.74) is 0.914. The number of fused-ring (bicyclic) bond motifs is 3. The third-order valence-corrected chi connectivity index (χ3v) is 3.67. The number of benzene rings is 1. The molecule has 0 aliphatic heterocycles. The molecule has 4 aromatic rings. The highest BCUT2D eigenvalue weighted by Gasteiger charge is 2.17. The zero-order chi connectivity index (χ0) is 17.4. The molecule has 122 valence electrons. The second-order valence-electron chi connectivity index (χ2n) is 5.43. The number of nitrogens with one attached hydrogen (secondary N) is 1. The van der Waals surface area contributed by atoms with Gasteiger partial charge in [0.05, 0.1) is 5.52 Å². The highest BCUT2D eigenvalue weighted by atomic mass is 16.4. The van der Waals surface area contributed by atoms with Crippen molar-refractivity contribution in [3.63, 3.8) is 0 Å². The lowest BCUT2D eigenvalue weighted by molar-refractivity contribution is -0.114. The quantitative estimate of drug-likeness (QED) is 0.448. The largest absolute Gasteiger partial charge is 0.422 e. The zero-order valence-electron chi connectivity index (χ0n) is 13.2. The van der Waals surface area contributed by atoms with E-state index in [2.05, 4.69) is 20.3 Å². The molecule has 1 amide bonds. The Labute approximate surface area is 141 Å². The smallest absolute Gasteiger partial charge is 0.349 e. The van der Waals surface area contributed by atoms with Crippen molar-refractivity contribution in [2.45, 2.75) is 6.92 Å². The summed E-state index contributed by atoms with van der Waals surface area (Å²) in [6.45, 7) is 1.35. The summed E-state index contributed by atoms with van der Waals surface area (Å²) in [5.74, 6) is 0.139. The van der Waals surface area contributed by atoms with Crippen molar-refractivity contribution in [2.24, 2.45) is 0 Å². The molecule has 7 heteroatoms. The molecule has 1 aromatic carbocycles. The first-order valence-electron chi connectivity index (χ1n) is 7.55. The molecule has 0 atom stereocenters. The normalized spacial score (nSPS) is 10.9. The molecule has 0 aliphatic carbocycles. The molecule has 7 nitrogen and oxygen atoms in total. The topological polar surface area (TPSA) is 98.0 Å². The van der Waals surface area contributed by atoms with Crippen LogP contribution in [0.15, 0.2) is 58.0 Å². The lowest BCUT2D eigenvalue weighted by Crippen LogP contribution is -2.13. The monoisotopic (exact) mass is 332 g/mol. The number of amides is 1. The molecule has 0 saturated carbocycles. The Hall–Kier alpha value is -3.61. The minimum absolute atomic E-state index is 0.121. The van der Waals surface area contributed by atoms with E-state index in [-0.39, 0.29) is 17.1 Å². The Bertz CT molecular complexity index is 1170. The number of hydrogen-bond donors (Lipinski definition) is 1. The summed E-state index contributed by atoms with van der Waals surface area (Å²) >= 11 is 0. The van der Waals surface area contributed by atoms with Crippen molar-refractivity contribution in [3.8, 4) is 11.4 Å². The van der Waals surface area contributed by atoms with E-state index in [0.29, 0.717) is 27.9 Å². The summed E-state index contributed by atoms with van der Waals surface area (Å²) in [7, 11) is 0. The fourth-order valence-corrected chi connectivity index (χ4v) is 2.63. The number of para-hydroxylation sites is 1. The van der Waals surface area contributed by atoms with Gasteiger partial charge in [-0.2, -0.15) is 0 Å². The van der Waals surface area contributed by atoms with Crippen LogP contribution in [0.25, 0.3) is 33.3 Å². The first-order chi connectivity index (χ1) is 12.1. The first kappa shape index (κ1) is 14.9. The van der Waals surface area contributed by atoms with Crippen molar-refractivity contribution >= 4 is 33.6 Å². The standard InChI is InChI=1S/C18H12N4O3/c1-10(23)20-17-14-15(12-6-2-3-7-13(12)25-18(14)24)21-16(22-17)11-5-4-8-19-9-11/h2-9H,1H3,(H,20,21,22,23). The molecule has 0 bridgehead atoms. The van der Waals surface area contributed by atoms with Gasteiger partial charge in [-0.3, -0.25) is 9.78 Å². The number of pyridine rings is 1. The predicted molar refractivity (Wildman–Crippen MR) is 93.1 cm³/mol. The second kappa shape index (κ2) is 5.79. The highest BCUT2D eigenvalue weighted by Crippen LogP contribution is 2.27. The third-order valence-electron chi connectivity index (χ3n) is 3.67. The van der Waals surface area contributed by atoms with Crippen LogP contribution in [-0.4, -0.2) is 20.9 Å². The van der Waals surface area contributed by atoms with Gasteiger partial charge >= 0.3 is 5.63 Å². The number of rotatable bonds is 2. The summed E-state index contributed by atoms with van der Waals surface area (Å²) in [6, 6.07) is 10.7. The molecule has 0 saturated heterocycles. The molecule has 0 fully saturated rings. The van der Waals surface area contributed by atoms with Gasteiger partial charge in [0.25, 0.3) is 0 Å². The summed E-state index contributed by atoms with van der Waals surface area (Å²) < 4.78 is 5.34. The van der Waals surface area contributed by atoms with Crippen molar-refractivity contribution < 1.29 is 9.21 Å². The van der Waals surface area contributed by atoms with Crippen LogP contribution in [0.2, 0.25) is 0 Å². The van der Waals surface area contributed by atoms with E-state index in [9.17, 15) is 9.59 Å². The van der Waals surface area contributed by atoms with Gasteiger partial charge in [-0.15, -0.1) is 0 Å². The first-order valence-corrected chi connectivity index (χ1v) is 7.55. The van der Waals surface area contributed by atoms with Gasteiger partial charge < -0.3 is 9.73 Å². The fourth-order valence-electron chi connectivity index (χ4n) is 2.63. The number of carbonyl (C=O) groups excluding carboxylic acids is 1. The van der Waals surface area contributed by atoms with Crippen molar-refractivity contribution in [1.29, 1.82) is 0 Å². The Morgan fingerprint density at radius 2 is 1.96 bits per heavy atom. The number of aromatic nitrogens is 3. The van der Waals surface area contributed by atoms with E-state index in [1.54, 1.807) is 42.7 Å². The number of carbonyl (C=O) groups is 1. The van der Waals surface area contributed by atoms with Gasteiger partial charge in [0.2, 0.25) is 5.91 Å². The molecular weight excluding hydrogens is 320 g/mol. The van der Waals surface area contributed by atoms with Crippen LogP contribution in [0.1, 0.15) is 6.92 Å². The highest BCUT2D eigenvalue weighted by molar-refractivity contribution is 6.08. The van der Waals surface area contributed by atoms with Crippen molar-refractivity contribution in [3.05, 3.63) is 59.2 Å². The van der Waals surface area contributed by atoms with Crippen LogP contribution in [0.3, 0.4) is 0 Å². The summed E-state index contributed by atoms with van der Waals surface area (Å²) in [5, 5.41) is 3.40. The van der Waals surface area contributed by atoms with Crippen LogP contribution >= 0.6 is 0 Å². The lowest BCUT2D eigenvalue weighted by atomic mass is 10.1. The van der Waals surface area contributed by atoms with Crippen molar-refractivity contribution in [2.75, 3.05) is 5.32 Å². The van der Waals surface area contributed by atoms with E-state index in [1.165, 1.54) is 6.92 Å². The maximum absolute atomic E-state index is 12.4. The molecule has 1 N–H and O–H groups in total. The average molecular weight is 332 g/mol. The Morgan fingerprint density at radius 3 is 2.72 bits per heavy atom. The van der Waals surface area contributed by atoms with Gasteiger partial charge in [-0.05, 0) is 24.3 Å². The molecule has 25 heavy (non-hydrogen) atoms. The maximum atomic E-state index is 12.4. The number of anilines is 1. The van der Waals surface area contributed by atoms with Crippen LogP contribution in [0.4, 0.5) is 5.82 Å². The van der Waals surface area contributed by atoms with E-state index in [4.69, 9.17) is 4.42 Å². The predicted octanol–water partition coefficient (Wildman–Crippen LogP) is 2.76. The van der Waals surface area contributed by atoms with Crippen LogP contribution in [-0.2, 0) is 4.79 Å². The van der Waals surface area contributed by atoms with Crippen molar-refractivity contribution in [1.82, 2.24) is 15.0 Å². The van der Waals surface area contributed by atoms with Gasteiger partial charge in [-0.1, -0.05) is 12.1 Å². The molecule has 0 aliphatic rings. The van der Waals surface area contributed by atoms with E-state index in [1.807, 2.05) is 6.07 Å². The second-order valence-corrected chi connectivity index (χ2v) is 5.43. The molecule has 4 rings (SSSR count). The van der Waals surface area contributed by atoms with E-state index >= 15 is 0 Å². The molecule has 0 unspecified atom stereocenters. The molecule has 0 radical (unpaired) electrons. The molecule has 3 aromatic heterocycles. The Kier molecular flexibility index (Phi) is 3.46. The molecular formula is C18H12N4O3. The van der Waals surface area contributed by atoms with E-state index in [0.717, 1.165) is 0 Å². The Balaban J connectivity index is 2.15. The minimum atomic E-state index is -0.602. The number of nitrogens with zero attached hydrogens (tertiary/aromatic N) is 3. The van der Waals surface area contributed by atoms with Gasteiger partial charge in [0.15, 0.2) is 11.6 Å². The minimum Gasteiger partial charge on any atom is -0.422 e. The van der Waals surface area contributed by atoms with Gasteiger partial charge in [0, 0.05) is 30.3 Å². The van der Waals surface area contributed by atoms with Crippen LogP contribution in [0.5, 0.6) is 0 Å². The zero-order valence-corrected chi connectivity index (χ0v) is 13.2. The third kappa shape index (κ3) is 2.61. The summed E-state index contributed by atoms with van der Waals surface area (Å²) in [6.07, 6.45) is 3.26. The van der Waals surface area contributed by atoms with Crippen LogP contribution in [0, 0.1) is 0 Å². The van der Waals surface area contributed by atoms with Crippen LogP contribution < -0.4 is 10.9 Å².